The van der Waals surface area contributed by atoms with E-state index in [2.05, 4.69) is 31.4 Å². The van der Waals surface area contributed by atoms with E-state index >= 15 is 0 Å². The Kier molecular flexibility index (Phi) is 2.81. The molecule has 0 bridgehead atoms. The molecule has 1 heterocycles. The first-order valence-corrected chi connectivity index (χ1v) is 6.46. The van der Waals surface area contributed by atoms with Crippen molar-refractivity contribution in [1.82, 2.24) is 0 Å². The number of benzene rings is 1. The van der Waals surface area contributed by atoms with Crippen molar-refractivity contribution in [2.75, 3.05) is 6.26 Å². The standard InChI is InChI=1S/C11H12OS2/c1-7-3-9(13-2)4-8-5-10(6-12)14-11(7)8/h3-5,12H,6H2,1-2H3. The van der Waals surface area contributed by atoms with Gasteiger partial charge < -0.3 is 5.11 Å². The molecule has 0 saturated carbocycles. The lowest BCUT2D eigenvalue weighted by Crippen LogP contribution is -1.74. The predicted octanol–water partition coefficient (Wildman–Crippen LogP) is 3.42. The second kappa shape index (κ2) is 3.93. The predicted molar refractivity (Wildman–Crippen MR) is 64.3 cm³/mol. The lowest BCUT2D eigenvalue weighted by molar-refractivity contribution is 0.285. The highest BCUT2D eigenvalue weighted by Gasteiger charge is 2.05. The molecule has 2 aromatic rings. The van der Waals surface area contributed by atoms with Crippen LogP contribution in [0.15, 0.2) is 23.1 Å². The molecule has 0 radical (unpaired) electrons. The minimum Gasteiger partial charge on any atom is -0.391 e. The third kappa shape index (κ3) is 1.67. The van der Waals surface area contributed by atoms with Gasteiger partial charge in [-0.1, -0.05) is 0 Å². The van der Waals surface area contributed by atoms with Crippen LogP contribution in [0, 0.1) is 6.92 Å². The van der Waals surface area contributed by atoms with Crippen molar-refractivity contribution in [2.45, 2.75) is 18.4 Å². The summed E-state index contributed by atoms with van der Waals surface area (Å²) in [5, 5.41) is 10.3. The van der Waals surface area contributed by atoms with E-state index in [4.69, 9.17) is 5.11 Å². The Labute approximate surface area is 91.8 Å². The summed E-state index contributed by atoms with van der Waals surface area (Å²) in [6.07, 6.45) is 2.08. The molecule has 0 saturated heterocycles. The molecule has 0 fully saturated rings. The lowest BCUT2D eigenvalue weighted by Gasteiger charge is -1.99. The van der Waals surface area contributed by atoms with Crippen LogP contribution in [0.4, 0.5) is 0 Å². The molecule has 1 nitrogen and oxygen atoms in total. The van der Waals surface area contributed by atoms with Crippen molar-refractivity contribution in [1.29, 1.82) is 0 Å². The van der Waals surface area contributed by atoms with Crippen LogP contribution in [0.5, 0.6) is 0 Å². The molecule has 0 aliphatic carbocycles. The SMILES string of the molecule is CSc1cc(C)c2sc(CO)cc2c1. The van der Waals surface area contributed by atoms with Gasteiger partial charge in [0.15, 0.2) is 0 Å². The Hall–Kier alpha value is -0.510. The fraction of sp³-hybridized carbons (Fsp3) is 0.273. The summed E-state index contributed by atoms with van der Waals surface area (Å²) in [4.78, 5) is 2.33. The topological polar surface area (TPSA) is 20.2 Å². The Morgan fingerprint density at radius 1 is 1.36 bits per heavy atom. The molecule has 3 heteroatoms. The quantitative estimate of drug-likeness (QED) is 0.789. The van der Waals surface area contributed by atoms with Crippen LogP contribution in [0.2, 0.25) is 0 Å². The monoisotopic (exact) mass is 224 g/mol. The normalized spacial score (nSPS) is 11.1. The zero-order chi connectivity index (χ0) is 10.1. The average Bonchev–Trinajstić information content (AvgIpc) is 2.61. The summed E-state index contributed by atoms with van der Waals surface area (Å²) in [7, 11) is 0. The van der Waals surface area contributed by atoms with E-state index in [1.54, 1.807) is 23.1 Å². The maximum Gasteiger partial charge on any atom is 0.0774 e. The molecule has 1 aromatic heterocycles. The van der Waals surface area contributed by atoms with Crippen LogP contribution in [-0.2, 0) is 6.61 Å². The minimum atomic E-state index is 0.146. The third-order valence-electron chi connectivity index (χ3n) is 2.22. The van der Waals surface area contributed by atoms with E-state index in [1.807, 2.05) is 0 Å². The van der Waals surface area contributed by atoms with Gasteiger partial charge in [0.25, 0.3) is 0 Å². The zero-order valence-electron chi connectivity index (χ0n) is 8.20. The summed E-state index contributed by atoms with van der Waals surface area (Å²) >= 11 is 3.44. The van der Waals surface area contributed by atoms with Gasteiger partial charge in [0, 0.05) is 14.5 Å². The molecule has 2 rings (SSSR count). The van der Waals surface area contributed by atoms with Gasteiger partial charge in [-0.05, 0) is 42.3 Å². The van der Waals surface area contributed by atoms with Crippen molar-refractivity contribution in [3.8, 4) is 0 Å². The number of hydrogen-bond donors (Lipinski definition) is 1. The maximum absolute atomic E-state index is 9.06. The summed E-state index contributed by atoms with van der Waals surface area (Å²) in [5.41, 5.74) is 1.30. The Morgan fingerprint density at radius 3 is 2.79 bits per heavy atom. The van der Waals surface area contributed by atoms with Gasteiger partial charge in [0.2, 0.25) is 0 Å². The van der Waals surface area contributed by atoms with E-state index in [1.165, 1.54) is 20.5 Å². The van der Waals surface area contributed by atoms with Crippen molar-refractivity contribution in [2.24, 2.45) is 0 Å². The van der Waals surface area contributed by atoms with Crippen LogP contribution >= 0.6 is 23.1 Å². The van der Waals surface area contributed by atoms with E-state index in [0.29, 0.717) is 0 Å². The largest absolute Gasteiger partial charge is 0.391 e. The molecule has 1 N–H and O–H groups in total. The second-order valence-corrected chi connectivity index (χ2v) is 5.25. The fourth-order valence-corrected chi connectivity index (χ4v) is 3.05. The number of aryl methyl sites for hydroxylation is 1. The van der Waals surface area contributed by atoms with Gasteiger partial charge in [-0.2, -0.15) is 0 Å². The number of thioether (sulfide) groups is 1. The van der Waals surface area contributed by atoms with Crippen LogP contribution in [0.3, 0.4) is 0 Å². The average molecular weight is 224 g/mol. The van der Waals surface area contributed by atoms with E-state index in [0.717, 1.165) is 4.88 Å². The van der Waals surface area contributed by atoms with E-state index < -0.39 is 0 Å². The van der Waals surface area contributed by atoms with E-state index in [-0.39, 0.29) is 6.61 Å². The summed E-state index contributed by atoms with van der Waals surface area (Å²) < 4.78 is 1.30. The fourth-order valence-electron chi connectivity index (χ4n) is 1.54. The Morgan fingerprint density at radius 2 is 2.14 bits per heavy atom. The minimum absolute atomic E-state index is 0.146. The molecule has 14 heavy (non-hydrogen) atoms. The summed E-state index contributed by atoms with van der Waals surface area (Å²) in [6.45, 7) is 2.27. The molecule has 0 aliphatic rings. The van der Waals surface area contributed by atoms with Crippen LogP contribution in [0.1, 0.15) is 10.4 Å². The van der Waals surface area contributed by atoms with Gasteiger partial charge in [-0.25, -0.2) is 0 Å². The van der Waals surface area contributed by atoms with Gasteiger partial charge in [0.1, 0.15) is 0 Å². The number of rotatable bonds is 2. The van der Waals surface area contributed by atoms with Crippen molar-refractivity contribution in [3.05, 3.63) is 28.6 Å². The van der Waals surface area contributed by atoms with Crippen LogP contribution < -0.4 is 0 Å². The third-order valence-corrected chi connectivity index (χ3v) is 4.20. The lowest BCUT2D eigenvalue weighted by atomic mass is 10.2. The number of aliphatic hydroxyl groups excluding tert-OH is 1. The first-order valence-electron chi connectivity index (χ1n) is 4.42. The second-order valence-electron chi connectivity index (χ2n) is 3.23. The summed E-state index contributed by atoms with van der Waals surface area (Å²) in [5.74, 6) is 0. The molecular weight excluding hydrogens is 212 g/mol. The molecular formula is C11H12OS2. The molecule has 0 amide bonds. The smallest absolute Gasteiger partial charge is 0.0774 e. The first kappa shape index (κ1) is 10.0. The Bertz CT molecular complexity index is 460. The van der Waals surface area contributed by atoms with Crippen molar-refractivity contribution >= 4 is 33.2 Å². The Balaban J connectivity index is 2.67. The highest BCUT2D eigenvalue weighted by molar-refractivity contribution is 7.98. The molecule has 0 unspecified atom stereocenters. The molecule has 0 aliphatic heterocycles. The van der Waals surface area contributed by atoms with E-state index in [9.17, 15) is 0 Å². The maximum atomic E-state index is 9.06. The molecule has 1 aromatic carbocycles. The number of thiophene rings is 1. The number of fused-ring (bicyclic) bond motifs is 1. The van der Waals surface area contributed by atoms with Gasteiger partial charge in [-0.15, -0.1) is 23.1 Å². The highest BCUT2D eigenvalue weighted by atomic mass is 32.2. The summed E-state index contributed by atoms with van der Waals surface area (Å²) in [6, 6.07) is 6.46. The van der Waals surface area contributed by atoms with Gasteiger partial charge in [0.05, 0.1) is 6.61 Å². The zero-order valence-corrected chi connectivity index (χ0v) is 9.84. The molecule has 74 valence electrons. The van der Waals surface area contributed by atoms with Gasteiger partial charge >= 0.3 is 0 Å². The van der Waals surface area contributed by atoms with Gasteiger partial charge in [-0.3, -0.25) is 0 Å². The van der Waals surface area contributed by atoms with Crippen LogP contribution in [-0.4, -0.2) is 11.4 Å². The molecule has 0 spiro atoms. The van der Waals surface area contributed by atoms with Crippen molar-refractivity contribution < 1.29 is 5.11 Å². The number of hydrogen-bond acceptors (Lipinski definition) is 3. The van der Waals surface area contributed by atoms with Crippen LogP contribution in [0.25, 0.3) is 10.1 Å². The first-order chi connectivity index (χ1) is 6.74. The number of aliphatic hydroxyl groups is 1. The molecule has 0 atom stereocenters. The highest BCUT2D eigenvalue weighted by Crippen LogP contribution is 2.32. The van der Waals surface area contributed by atoms with Crippen molar-refractivity contribution in [3.63, 3.8) is 0 Å².